The first-order chi connectivity index (χ1) is 9.54. The van der Waals surface area contributed by atoms with Crippen molar-refractivity contribution in [3.8, 4) is 0 Å². The molecule has 0 aliphatic rings. The predicted octanol–water partition coefficient (Wildman–Crippen LogP) is 1.18. The molecule has 0 saturated heterocycles. The molecular weight excluding hydrogens is 272 g/mol. The molecule has 0 heterocycles. The van der Waals surface area contributed by atoms with Gasteiger partial charge in [-0.15, -0.1) is 0 Å². The molecule has 1 aromatic rings. The van der Waals surface area contributed by atoms with E-state index in [1.54, 1.807) is 18.7 Å². The van der Waals surface area contributed by atoms with E-state index in [2.05, 4.69) is 5.32 Å². The van der Waals surface area contributed by atoms with Crippen molar-refractivity contribution in [1.29, 1.82) is 0 Å². The minimum Gasteiger partial charge on any atom is -0.391 e. The molecule has 3 unspecified atom stereocenters. The second-order valence-corrected chi connectivity index (χ2v) is 5.93. The molecule has 112 valence electrons. The maximum atomic E-state index is 11.9. The first kappa shape index (κ1) is 17.0. The normalized spacial score (nSPS) is 15.4. The van der Waals surface area contributed by atoms with Crippen LogP contribution in [0.15, 0.2) is 30.3 Å². The average Bonchev–Trinajstić information content (AvgIpc) is 2.45. The van der Waals surface area contributed by atoms with Crippen LogP contribution in [-0.4, -0.2) is 41.2 Å². The van der Waals surface area contributed by atoms with Gasteiger partial charge in [-0.05, 0) is 30.9 Å². The molecule has 5 heteroatoms. The lowest BCUT2D eigenvalue weighted by Crippen LogP contribution is -2.49. The fraction of sp³-hybridized carbons (Fsp3) is 0.533. The Hall–Kier alpha value is -1.04. The summed E-state index contributed by atoms with van der Waals surface area (Å²) < 4.78 is 0. The van der Waals surface area contributed by atoms with Crippen molar-refractivity contribution in [2.75, 3.05) is 12.0 Å². The van der Waals surface area contributed by atoms with Gasteiger partial charge in [0.1, 0.15) is 0 Å². The SMILES string of the molecule is CSCCC(N)C(=O)NC(C)C(O)Cc1ccccc1. The zero-order valence-corrected chi connectivity index (χ0v) is 12.9. The number of rotatable bonds is 8. The Kier molecular flexibility index (Phi) is 7.65. The highest BCUT2D eigenvalue weighted by atomic mass is 32.2. The zero-order valence-electron chi connectivity index (χ0n) is 12.1. The van der Waals surface area contributed by atoms with Gasteiger partial charge in [-0.3, -0.25) is 4.79 Å². The van der Waals surface area contributed by atoms with E-state index >= 15 is 0 Å². The van der Waals surface area contributed by atoms with E-state index in [9.17, 15) is 9.90 Å². The van der Waals surface area contributed by atoms with Gasteiger partial charge >= 0.3 is 0 Å². The van der Waals surface area contributed by atoms with Crippen LogP contribution in [0.4, 0.5) is 0 Å². The molecule has 0 aliphatic carbocycles. The highest BCUT2D eigenvalue weighted by molar-refractivity contribution is 7.98. The summed E-state index contributed by atoms with van der Waals surface area (Å²) in [5, 5.41) is 12.9. The lowest BCUT2D eigenvalue weighted by atomic mass is 10.0. The highest BCUT2D eigenvalue weighted by Crippen LogP contribution is 2.06. The van der Waals surface area contributed by atoms with Gasteiger partial charge in [-0.1, -0.05) is 30.3 Å². The monoisotopic (exact) mass is 296 g/mol. The minimum absolute atomic E-state index is 0.196. The number of hydrogen-bond donors (Lipinski definition) is 3. The van der Waals surface area contributed by atoms with Crippen molar-refractivity contribution >= 4 is 17.7 Å². The summed E-state index contributed by atoms with van der Waals surface area (Å²) >= 11 is 1.66. The maximum absolute atomic E-state index is 11.9. The Bertz CT molecular complexity index is 400. The van der Waals surface area contributed by atoms with Crippen LogP contribution in [0.2, 0.25) is 0 Å². The second kappa shape index (κ2) is 9.00. The van der Waals surface area contributed by atoms with Gasteiger partial charge in [0.25, 0.3) is 0 Å². The summed E-state index contributed by atoms with van der Waals surface area (Å²) in [6.45, 7) is 1.80. The molecule has 0 spiro atoms. The molecule has 0 aliphatic heterocycles. The Morgan fingerprint density at radius 2 is 2.05 bits per heavy atom. The van der Waals surface area contributed by atoms with Crippen LogP contribution in [0.5, 0.6) is 0 Å². The third kappa shape index (κ3) is 5.94. The van der Waals surface area contributed by atoms with Crippen LogP contribution in [0.25, 0.3) is 0 Å². The smallest absolute Gasteiger partial charge is 0.237 e. The number of aliphatic hydroxyl groups excluding tert-OH is 1. The number of hydrogen-bond acceptors (Lipinski definition) is 4. The number of carbonyl (C=O) groups excluding carboxylic acids is 1. The minimum atomic E-state index is -0.617. The molecule has 0 bridgehead atoms. The fourth-order valence-electron chi connectivity index (χ4n) is 1.84. The van der Waals surface area contributed by atoms with Gasteiger partial charge in [0.2, 0.25) is 5.91 Å². The third-order valence-electron chi connectivity index (χ3n) is 3.20. The summed E-state index contributed by atoms with van der Waals surface area (Å²) in [6, 6.07) is 8.90. The Morgan fingerprint density at radius 3 is 2.65 bits per heavy atom. The van der Waals surface area contributed by atoms with Crippen LogP contribution >= 0.6 is 11.8 Å². The molecule has 3 atom stereocenters. The summed E-state index contributed by atoms with van der Waals surface area (Å²) in [6.07, 6.45) is 2.53. The third-order valence-corrected chi connectivity index (χ3v) is 3.85. The van der Waals surface area contributed by atoms with E-state index in [1.165, 1.54) is 0 Å². The number of carbonyl (C=O) groups is 1. The molecule has 20 heavy (non-hydrogen) atoms. The van der Waals surface area contributed by atoms with E-state index in [-0.39, 0.29) is 11.9 Å². The number of aliphatic hydroxyl groups is 1. The molecular formula is C15H24N2O2S. The van der Waals surface area contributed by atoms with Crippen molar-refractivity contribution in [2.45, 2.75) is 38.0 Å². The van der Waals surface area contributed by atoms with Crippen LogP contribution in [-0.2, 0) is 11.2 Å². The molecule has 4 N–H and O–H groups in total. The van der Waals surface area contributed by atoms with E-state index in [0.717, 1.165) is 11.3 Å². The Labute approximate surface area is 125 Å². The van der Waals surface area contributed by atoms with Gasteiger partial charge in [-0.2, -0.15) is 11.8 Å². The lowest BCUT2D eigenvalue weighted by Gasteiger charge is -2.22. The quantitative estimate of drug-likeness (QED) is 0.673. The maximum Gasteiger partial charge on any atom is 0.237 e. The molecule has 0 saturated carbocycles. The summed E-state index contributed by atoms with van der Waals surface area (Å²) in [4.78, 5) is 11.9. The van der Waals surface area contributed by atoms with Gasteiger partial charge < -0.3 is 16.2 Å². The van der Waals surface area contributed by atoms with Crippen molar-refractivity contribution in [3.05, 3.63) is 35.9 Å². The van der Waals surface area contributed by atoms with Crippen molar-refractivity contribution in [2.24, 2.45) is 5.73 Å². The number of nitrogens with two attached hydrogens (primary N) is 1. The van der Waals surface area contributed by atoms with Crippen LogP contribution < -0.4 is 11.1 Å². The van der Waals surface area contributed by atoms with Crippen molar-refractivity contribution in [1.82, 2.24) is 5.32 Å². The zero-order chi connectivity index (χ0) is 15.0. The average molecular weight is 296 g/mol. The molecule has 0 fully saturated rings. The number of benzene rings is 1. The number of amides is 1. The van der Waals surface area contributed by atoms with E-state index in [0.29, 0.717) is 12.8 Å². The Morgan fingerprint density at radius 1 is 1.40 bits per heavy atom. The predicted molar refractivity (Wildman–Crippen MR) is 84.7 cm³/mol. The van der Waals surface area contributed by atoms with E-state index < -0.39 is 12.1 Å². The largest absolute Gasteiger partial charge is 0.391 e. The van der Waals surface area contributed by atoms with Crippen LogP contribution in [0.1, 0.15) is 18.9 Å². The molecule has 1 rings (SSSR count). The van der Waals surface area contributed by atoms with Crippen molar-refractivity contribution < 1.29 is 9.90 Å². The molecule has 4 nitrogen and oxygen atoms in total. The highest BCUT2D eigenvalue weighted by Gasteiger charge is 2.20. The standard InChI is InChI=1S/C15H24N2O2S/c1-11(17-15(19)13(16)8-9-20-2)14(18)10-12-6-4-3-5-7-12/h3-7,11,13-14,18H,8-10,16H2,1-2H3,(H,17,19). The van der Waals surface area contributed by atoms with Gasteiger partial charge in [-0.25, -0.2) is 0 Å². The summed E-state index contributed by atoms with van der Waals surface area (Å²) in [5.41, 5.74) is 6.85. The molecule has 1 aromatic carbocycles. The van der Waals surface area contributed by atoms with Gasteiger partial charge in [0, 0.05) is 6.42 Å². The van der Waals surface area contributed by atoms with E-state index in [4.69, 9.17) is 5.73 Å². The summed E-state index contributed by atoms with van der Waals surface area (Å²) in [5.74, 6) is 0.661. The number of nitrogens with one attached hydrogen (secondary N) is 1. The first-order valence-electron chi connectivity index (χ1n) is 6.81. The first-order valence-corrected chi connectivity index (χ1v) is 8.21. The fourth-order valence-corrected chi connectivity index (χ4v) is 2.33. The summed E-state index contributed by atoms with van der Waals surface area (Å²) in [7, 11) is 0. The van der Waals surface area contributed by atoms with Crippen LogP contribution in [0, 0.1) is 0 Å². The lowest BCUT2D eigenvalue weighted by molar-refractivity contribution is -0.123. The number of thioether (sulfide) groups is 1. The topological polar surface area (TPSA) is 75.4 Å². The molecule has 0 radical (unpaired) electrons. The van der Waals surface area contributed by atoms with Crippen LogP contribution in [0.3, 0.4) is 0 Å². The second-order valence-electron chi connectivity index (χ2n) is 4.94. The Balaban J connectivity index is 2.41. The van der Waals surface area contributed by atoms with Crippen molar-refractivity contribution in [3.63, 3.8) is 0 Å². The van der Waals surface area contributed by atoms with E-state index in [1.807, 2.05) is 36.6 Å². The molecule has 1 amide bonds. The molecule has 0 aromatic heterocycles. The van der Waals surface area contributed by atoms with Gasteiger partial charge in [0.05, 0.1) is 18.2 Å². The van der Waals surface area contributed by atoms with Gasteiger partial charge in [0.15, 0.2) is 0 Å².